The zero-order valence-corrected chi connectivity index (χ0v) is 13.0. The smallest absolute Gasteiger partial charge is 0.422 e. The third kappa shape index (κ3) is 5.52. The van der Waals surface area contributed by atoms with E-state index in [-0.39, 0.29) is 18.0 Å². The van der Waals surface area contributed by atoms with Gasteiger partial charge in [-0.05, 0) is 31.2 Å². The average molecular weight is 357 g/mol. The van der Waals surface area contributed by atoms with Gasteiger partial charge in [-0.15, -0.1) is 0 Å². The van der Waals surface area contributed by atoms with E-state index < -0.39 is 24.8 Å². The van der Waals surface area contributed by atoms with Crippen molar-refractivity contribution in [1.29, 1.82) is 0 Å². The van der Waals surface area contributed by atoms with Crippen molar-refractivity contribution in [3.8, 4) is 5.69 Å². The number of esters is 1. The van der Waals surface area contributed by atoms with Crippen LogP contribution in [0.2, 0.25) is 0 Å². The monoisotopic (exact) mass is 357 g/mol. The van der Waals surface area contributed by atoms with Crippen molar-refractivity contribution >= 4 is 17.7 Å². The Morgan fingerprint density at radius 3 is 2.68 bits per heavy atom. The van der Waals surface area contributed by atoms with Gasteiger partial charge in [-0.2, -0.15) is 18.3 Å². The molecule has 134 valence electrons. The van der Waals surface area contributed by atoms with Gasteiger partial charge in [0.05, 0.1) is 12.3 Å². The fourth-order valence-electron chi connectivity index (χ4n) is 1.81. The molecule has 25 heavy (non-hydrogen) atoms. The van der Waals surface area contributed by atoms with E-state index in [2.05, 4.69) is 15.2 Å². The lowest BCUT2D eigenvalue weighted by Gasteiger charge is -2.10. The Kier molecular flexibility index (Phi) is 5.63. The maximum atomic E-state index is 12.0. The zero-order valence-electron chi connectivity index (χ0n) is 13.0. The Labute approximate surface area is 140 Å². The van der Waals surface area contributed by atoms with Crippen molar-refractivity contribution in [2.24, 2.45) is 0 Å². The number of carbonyl (C=O) groups excluding carboxylic acids is 2. The maximum absolute atomic E-state index is 12.0. The van der Waals surface area contributed by atoms with Crippen LogP contribution in [0.4, 0.5) is 23.7 Å². The molecule has 0 spiro atoms. The number of hydrogen-bond donors (Lipinski definition) is 1. The second kappa shape index (κ2) is 7.69. The molecule has 0 bridgehead atoms. The Balaban J connectivity index is 2.06. The van der Waals surface area contributed by atoms with Crippen LogP contribution < -0.4 is 5.32 Å². The van der Waals surface area contributed by atoms with Gasteiger partial charge in [0.2, 0.25) is 0 Å². The fraction of sp³-hybridized carbons (Fsp3) is 0.267. The predicted molar refractivity (Wildman–Crippen MR) is 80.5 cm³/mol. The van der Waals surface area contributed by atoms with Gasteiger partial charge in [0.1, 0.15) is 0 Å². The van der Waals surface area contributed by atoms with Gasteiger partial charge >= 0.3 is 18.2 Å². The van der Waals surface area contributed by atoms with Crippen molar-refractivity contribution < 1.29 is 32.2 Å². The minimum atomic E-state index is -4.60. The molecule has 0 saturated carbocycles. The van der Waals surface area contributed by atoms with E-state index in [1.807, 2.05) is 0 Å². The summed E-state index contributed by atoms with van der Waals surface area (Å²) in [5, 5.41) is 6.22. The summed E-state index contributed by atoms with van der Waals surface area (Å²) in [5.41, 5.74) is 0.784. The molecule has 1 N–H and O–H groups in total. The Bertz CT molecular complexity index is 758. The number of carbonyl (C=O) groups is 2. The fourth-order valence-corrected chi connectivity index (χ4v) is 1.81. The minimum absolute atomic E-state index is 0.102. The van der Waals surface area contributed by atoms with Crippen LogP contribution in [0, 0.1) is 0 Å². The summed E-state index contributed by atoms with van der Waals surface area (Å²) in [5.74, 6) is -0.578. The molecular weight excluding hydrogens is 343 g/mol. The Morgan fingerprint density at radius 2 is 2.00 bits per heavy atom. The zero-order chi connectivity index (χ0) is 18.4. The van der Waals surface area contributed by atoms with E-state index in [0.29, 0.717) is 5.69 Å². The highest BCUT2D eigenvalue weighted by molar-refractivity contribution is 5.87. The maximum Gasteiger partial charge on any atom is 0.422 e. The van der Waals surface area contributed by atoms with Crippen LogP contribution in [0.1, 0.15) is 17.4 Å². The lowest BCUT2D eigenvalue weighted by molar-refractivity contribution is -0.159. The quantitative estimate of drug-likeness (QED) is 0.831. The van der Waals surface area contributed by atoms with Gasteiger partial charge in [-0.25, -0.2) is 14.3 Å². The summed E-state index contributed by atoms with van der Waals surface area (Å²) in [4.78, 5) is 22.9. The molecule has 0 unspecified atom stereocenters. The highest BCUT2D eigenvalue weighted by atomic mass is 19.4. The first kappa shape index (κ1) is 18.3. The predicted octanol–water partition coefficient (Wildman–Crippen LogP) is 3.16. The van der Waals surface area contributed by atoms with Crippen LogP contribution in [-0.2, 0) is 9.47 Å². The minimum Gasteiger partial charge on any atom is -0.461 e. The van der Waals surface area contributed by atoms with Crippen LogP contribution in [0.5, 0.6) is 0 Å². The van der Waals surface area contributed by atoms with Gasteiger partial charge in [0.25, 0.3) is 0 Å². The van der Waals surface area contributed by atoms with E-state index in [1.54, 1.807) is 19.1 Å². The van der Waals surface area contributed by atoms with Crippen molar-refractivity contribution in [2.75, 3.05) is 18.5 Å². The van der Waals surface area contributed by atoms with Crippen LogP contribution in [-0.4, -0.2) is 41.2 Å². The number of hydrogen-bond acceptors (Lipinski definition) is 5. The van der Waals surface area contributed by atoms with Gasteiger partial charge in [0, 0.05) is 11.9 Å². The highest BCUT2D eigenvalue weighted by Crippen LogP contribution is 2.17. The standard InChI is InChI=1S/C15H14F3N3O4/c1-2-24-13(22)12-6-7-21(20-12)11-5-3-4-10(8-11)19-14(23)25-9-15(16,17)18/h3-8H,2,9H2,1H3,(H,19,23). The van der Waals surface area contributed by atoms with Crippen LogP contribution in [0.25, 0.3) is 5.69 Å². The molecular formula is C15H14F3N3O4. The second-order valence-corrected chi connectivity index (χ2v) is 4.73. The number of rotatable bonds is 5. The Hall–Kier alpha value is -3.04. The molecule has 0 fully saturated rings. The van der Waals surface area contributed by atoms with Crippen molar-refractivity contribution in [1.82, 2.24) is 9.78 Å². The molecule has 1 aromatic heterocycles. The lowest BCUT2D eigenvalue weighted by atomic mass is 10.3. The summed E-state index contributed by atoms with van der Waals surface area (Å²) in [7, 11) is 0. The van der Waals surface area contributed by atoms with Crippen LogP contribution >= 0.6 is 0 Å². The summed E-state index contributed by atoms with van der Waals surface area (Å²) < 4.78 is 46.3. The highest BCUT2D eigenvalue weighted by Gasteiger charge is 2.29. The average Bonchev–Trinajstić information content (AvgIpc) is 3.03. The third-order valence-electron chi connectivity index (χ3n) is 2.80. The molecule has 0 aliphatic rings. The van der Waals surface area contributed by atoms with E-state index >= 15 is 0 Å². The topological polar surface area (TPSA) is 82.5 Å². The number of halogens is 3. The number of alkyl halides is 3. The first-order chi connectivity index (χ1) is 11.8. The van der Waals surface area contributed by atoms with Crippen molar-refractivity contribution in [2.45, 2.75) is 13.1 Å². The molecule has 0 aliphatic heterocycles. The van der Waals surface area contributed by atoms with E-state index in [0.717, 1.165) is 0 Å². The number of nitrogens with one attached hydrogen (secondary N) is 1. The first-order valence-electron chi connectivity index (χ1n) is 7.12. The van der Waals surface area contributed by atoms with Gasteiger partial charge in [0.15, 0.2) is 12.3 Å². The summed E-state index contributed by atoms with van der Waals surface area (Å²) >= 11 is 0. The molecule has 10 heteroatoms. The van der Waals surface area contributed by atoms with Crippen LogP contribution in [0.15, 0.2) is 36.5 Å². The molecule has 1 amide bonds. The summed E-state index contributed by atoms with van der Waals surface area (Å²) in [6.45, 7) is 0.202. The second-order valence-electron chi connectivity index (χ2n) is 4.73. The molecule has 0 radical (unpaired) electrons. The summed E-state index contributed by atoms with van der Waals surface area (Å²) in [6.07, 6.45) is -4.33. The number of aromatic nitrogens is 2. The number of nitrogens with zero attached hydrogens (tertiary/aromatic N) is 2. The van der Waals surface area contributed by atoms with Crippen molar-refractivity contribution in [3.63, 3.8) is 0 Å². The normalized spacial score (nSPS) is 11.0. The lowest BCUT2D eigenvalue weighted by Crippen LogP contribution is -2.23. The number of anilines is 1. The number of benzene rings is 1. The van der Waals surface area contributed by atoms with Gasteiger partial charge in [-0.3, -0.25) is 5.32 Å². The molecule has 0 aliphatic carbocycles. The largest absolute Gasteiger partial charge is 0.461 e. The number of amides is 1. The van der Waals surface area contributed by atoms with E-state index in [4.69, 9.17) is 4.74 Å². The first-order valence-corrected chi connectivity index (χ1v) is 7.12. The molecule has 1 aromatic carbocycles. The Morgan fingerprint density at radius 1 is 1.24 bits per heavy atom. The molecule has 0 saturated heterocycles. The molecule has 0 atom stereocenters. The molecule has 1 heterocycles. The number of ether oxygens (including phenoxy) is 2. The third-order valence-corrected chi connectivity index (χ3v) is 2.80. The van der Waals surface area contributed by atoms with Crippen molar-refractivity contribution in [3.05, 3.63) is 42.2 Å². The SMILES string of the molecule is CCOC(=O)c1ccn(-c2cccc(NC(=O)OCC(F)(F)F)c2)n1. The molecule has 7 nitrogen and oxygen atoms in total. The molecule has 2 aromatic rings. The summed E-state index contributed by atoms with van der Waals surface area (Å²) in [6, 6.07) is 7.56. The van der Waals surface area contributed by atoms with Gasteiger partial charge in [-0.1, -0.05) is 6.07 Å². The van der Waals surface area contributed by atoms with E-state index in [1.165, 1.54) is 29.1 Å². The van der Waals surface area contributed by atoms with Crippen LogP contribution in [0.3, 0.4) is 0 Å². The molecule has 2 rings (SSSR count). The van der Waals surface area contributed by atoms with Gasteiger partial charge < -0.3 is 9.47 Å². The van der Waals surface area contributed by atoms with E-state index in [9.17, 15) is 22.8 Å².